The lowest BCUT2D eigenvalue weighted by Crippen LogP contribution is -2.32. The predicted octanol–water partition coefficient (Wildman–Crippen LogP) is 2.61. The monoisotopic (exact) mass is 300 g/mol. The lowest BCUT2D eigenvalue weighted by atomic mass is 10.1. The number of hydrogen-bond acceptors (Lipinski definition) is 3. The summed E-state index contributed by atoms with van der Waals surface area (Å²) < 4.78 is 0. The highest BCUT2D eigenvalue weighted by Gasteiger charge is 2.14. The van der Waals surface area contributed by atoms with E-state index in [1.807, 2.05) is 35.0 Å². The van der Waals surface area contributed by atoms with Crippen LogP contribution >= 0.6 is 11.3 Å². The van der Waals surface area contributed by atoms with Gasteiger partial charge in [-0.3, -0.25) is 9.59 Å². The molecule has 0 spiro atoms. The van der Waals surface area contributed by atoms with E-state index < -0.39 is 0 Å². The highest BCUT2D eigenvalue weighted by atomic mass is 32.1. The molecule has 5 heteroatoms. The van der Waals surface area contributed by atoms with E-state index >= 15 is 0 Å². The Hall–Kier alpha value is -2.14. The molecule has 3 rings (SSSR count). The molecule has 0 bridgehead atoms. The minimum absolute atomic E-state index is 0.0221. The topological polar surface area (TPSA) is 58.2 Å². The van der Waals surface area contributed by atoms with Crippen LogP contribution in [0.3, 0.4) is 0 Å². The molecule has 1 aromatic carbocycles. The number of anilines is 1. The molecule has 0 aliphatic heterocycles. The number of amides is 2. The van der Waals surface area contributed by atoms with Gasteiger partial charge < -0.3 is 10.6 Å². The number of hydrogen-bond donors (Lipinski definition) is 2. The van der Waals surface area contributed by atoms with Gasteiger partial charge in [-0.1, -0.05) is 6.07 Å². The number of nitrogens with one attached hydrogen (secondary N) is 2. The van der Waals surface area contributed by atoms with Crippen molar-refractivity contribution in [1.82, 2.24) is 5.32 Å². The number of thiophene rings is 1. The first-order valence-corrected chi connectivity index (χ1v) is 7.89. The van der Waals surface area contributed by atoms with E-state index in [1.54, 1.807) is 0 Å². The molecular weight excluding hydrogens is 284 g/mol. The summed E-state index contributed by atoms with van der Waals surface area (Å²) in [4.78, 5) is 23.8. The summed E-state index contributed by atoms with van der Waals surface area (Å²) in [7, 11) is 0. The van der Waals surface area contributed by atoms with Gasteiger partial charge in [0.15, 0.2) is 0 Å². The summed E-state index contributed by atoms with van der Waals surface area (Å²) in [5.74, 6) is -0.423. The van der Waals surface area contributed by atoms with E-state index in [0.29, 0.717) is 5.56 Å². The molecule has 1 aliphatic rings. The molecule has 1 aromatic heterocycles. The standard InChI is InChI=1S/C16H16N2O2S/c19-15(18-14-6-7-21-10-14)9-17-16(20)13-5-4-11-2-1-3-12(11)8-13/h4-8,10H,1-3,9H2,(H,17,20)(H,18,19). The SMILES string of the molecule is O=C(CNC(=O)c1ccc2c(c1)CCC2)Nc1ccsc1. The van der Waals surface area contributed by atoms with Crippen molar-refractivity contribution in [3.63, 3.8) is 0 Å². The van der Waals surface area contributed by atoms with Gasteiger partial charge in [-0.2, -0.15) is 11.3 Å². The Morgan fingerprint density at radius 3 is 2.81 bits per heavy atom. The van der Waals surface area contributed by atoms with Crippen LogP contribution < -0.4 is 10.6 Å². The average Bonchev–Trinajstić information content (AvgIpc) is 3.14. The smallest absolute Gasteiger partial charge is 0.251 e. The van der Waals surface area contributed by atoms with E-state index in [1.165, 1.54) is 22.5 Å². The lowest BCUT2D eigenvalue weighted by Gasteiger charge is -2.07. The molecule has 1 aliphatic carbocycles. The average molecular weight is 300 g/mol. The molecule has 0 saturated carbocycles. The molecule has 2 aromatic rings. The zero-order chi connectivity index (χ0) is 14.7. The Bertz CT molecular complexity index is 665. The fraction of sp³-hybridized carbons (Fsp3) is 0.250. The van der Waals surface area contributed by atoms with Crippen LogP contribution in [0.15, 0.2) is 35.0 Å². The van der Waals surface area contributed by atoms with Crippen molar-refractivity contribution >= 4 is 28.8 Å². The zero-order valence-electron chi connectivity index (χ0n) is 11.5. The Morgan fingerprint density at radius 2 is 2.00 bits per heavy atom. The number of rotatable bonds is 4. The van der Waals surface area contributed by atoms with Gasteiger partial charge in [0.1, 0.15) is 0 Å². The van der Waals surface area contributed by atoms with Gasteiger partial charge in [0.05, 0.1) is 12.2 Å². The van der Waals surface area contributed by atoms with Crippen LogP contribution in [0.1, 0.15) is 27.9 Å². The van der Waals surface area contributed by atoms with Gasteiger partial charge in [-0.05, 0) is 54.0 Å². The van der Waals surface area contributed by atoms with Gasteiger partial charge in [-0.25, -0.2) is 0 Å². The normalized spacial score (nSPS) is 12.8. The number of aryl methyl sites for hydroxylation is 2. The third-order valence-corrected chi connectivity index (χ3v) is 4.26. The quantitative estimate of drug-likeness (QED) is 0.912. The first kappa shape index (κ1) is 13.8. The summed E-state index contributed by atoms with van der Waals surface area (Å²) in [5, 5.41) is 9.12. The summed E-state index contributed by atoms with van der Waals surface area (Å²) in [6, 6.07) is 7.61. The van der Waals surface area contributed by atoms with Crippen LogP contribution in [0.2, 0.25) is 0 Å². The van der Waals surface area contributed by atoms with E-state index in [9.17, 15) is 9.59 Å². The van der Waals surface area contributed by atoms with Gasteiger partial charge in [-0.15, -0.1) is 0 Å². The predicted molar refractivity (Wildman–Crippen MR) is 83.7 cm³/mol. The molecular formula is C16H16N2O2S. The number of fused-ring (bicyclic) bond motifs is 1. The summed E-state index contributed by atoms with van der Waals surface area (Å²) in [6.45, 7) is -0.0221. The van der Waals surface area contributed by atoms with Crippen LogP contribution in [0, 0.1) is 0 Å². The van der Waals surface area contributed by atoms with Crippen molar-refractivity contribution in [2.75, 3.05) is 11.9 Å². The maximum absolute atomic E-state index is 12.1. The van der Waals surface area contributed by atoms with Crippen molar-refractivity contribution in [3.8, 4) is 0 Å². The summed E-state index contributed by atoms with van der Waals surface area (Å²) in [6.07, 6.45) is 3.29. The Balaban J connectivity index is 1.55. The van der Waals surface area contributed by atoms with Crippen molar-refractivity contribution < 1.29 is 9.59 Å². The van der Waals surface area contributed by atoms with Crippen molar-refractivity contribution in [1.29, 1.82) is 0 Å². The molecule has 0 radical (unpaired) electrons. The Labute approximate surface area is 127 Å². The Kier molecular flexibility index (Phi) is 4.01. The van der Waals surface area contributed by atoms with Crippen LogP contribution in [-0.2, 0) is 17.6 Å². The van der Waals surface area contributed by atoms with E-state index in [-0.39, 0.29) is 18.4 Å². The summed E-state index contributed by atoms with van der Waals surface area (Å²) in [5.41, 5.74) is 3.97. The Morgan fingerprint density at radius 1 is 1.14 bits per heavy atom. The van der Waals surface area contributed by atoms with Crippen LogP contribution in [0.4, 0.5) is 5.69 Å². The maximum atomic E-state index is 12.1. The molecule has 21 heavy (non-hydrogen) atoms. The highest BCUT2D eigenvalue weighted by molar-refractivity contribution is 7.08. The first-order valence-electron chi connectivity index (χ1n) is 6.94. The zero-order valence-corrected chi connectivity index (χ0v) is 12.3. The van der Waals surface area contributed by atoms with Crippen molar-refractivity contribution in [2.24, 2.45) is 0 Å². The molecule has 2 N–H and O–H groups in total. The minimum atomic E-state index is -0.220. The largest absolute Gasteiger partial charge is 0.343 e. The van der Waals surface area contributed by atoms with Crippen LogP contribution in [0.5, 0.6) is 0 Å². The lowest BCUT2D eigenvalue weighted by molar-refractivity contribution is -0.115. The van der Waals surface area contributed by atoms with Gasteiger partial charge in [0.2, 0.25) is 5.91 Å². The first-order chi connectivity index (χ1) is 10.2. The number of carbonyl (C=O) groups excluding carboxylic acids is 2. The van der Waals surface area contributed by atoms with Crippen molar-refractivity contribution in [2.45, 2.75) is 19.3 Å². The second-order valence-electron chi connectivity index (χ2n) is 5.08. The molecule has 1 heterocycles. The van der Waals surface area contributed by atoms with Crippen LogP contribution in [0.25, 0.3) is 0 Å². The van der Waals surface area contributed by atoms with Crippen molar-refractivity contribution in [3.05, 3.63) is 51.7 Å². The fourth-order valence-corrected chi connectivity index (χ4v) is 3.10. The van der Waals surface area contributed by atoms with E-state index in [0.717, 1.165) is 24.9 Å². The third-order valence-electron chi connectivity index (χ3n) is 3.58. The molecule has 0 saturated heterocycles. The summed E-state index contributed by atoms with van der Waals surface area (Å²) >= 11 is 1.51. The minimum Gasteiger partial charge on any atom is -0.343 e. The van der Waals surface area contributed by atoms with Gasteiger partial charge in [0.25, 0.3) is 5.91 Å². The molecule has 2 amide bonds. The molecule has 0 unspecified atom stereocenters. The molecule has 108 valence electrons. The van der Waals surface area contributed by atoms with E-state index in [2.05, 4.69) is 10.6 Å². The maximum Gasteiger partial charge on any atom is 0.251 e. The number of carbonyl (C=O) groups is 2. The van der Waals surface area contributed by atoms with E-state index in [4.69, 9.17) is 0 Å². The second kappa shape index (κ2) is 6.10. The third kappa shape index (κ3) is 3.31. The fourth-order valence-electron chi connectivity index (χ4n) is 2.52. The van der Waals surface area contributed by atoms with Gasteiger partial charge >= 0.3 is 0 Å². The molecule has 0 fully saturated rings. The second-order valence-corrected chi connectivity index (χ2v) is 5.86. The molecule has 0 atom stereocenters. The van der Waals surface area contributed by atoms with Crippen LogP contribution in [-0.4, -0.2) is 18.4 Å². The molecule has 4 nitrogen and oxygen atoms in total. The number of benzene rings is 1. The highest BCUT2D eigenvalue weighted by Crippen LogP contribution is 2.22. The van der Waals surface area contributed by atoms with Gasteiger partial charge in [0, 0.05) is 10.9 Å².